The van der Waals surface area contributed by atoms with Crippen LogP contribution in [0.4, 0.5) is 18.9 Å². The molecule has 1 aliphatic rings. The lowest BCUT2D eigenvalue weighted by atomic mass is 10.1. The molecule has 1 N–H and O–H groups in total. The molecule has 1 aliphatic heterocycles. The van der Waals surface area contributed by atoms with Crippen LogP contribution in [0.3, 0.4) is 0 Å². The van der Waals surface area contributed by atoms with Crippen LogP contribution in [0.2, 0.25) is 5.02 Å². The van der Waals surface area contributed by atoms with Crippen molar-refractivity contribution >= 4 is 17.3 Å². The van der Waals surface area contributed by atoms with Crippen LogP contribution in [0, 0.1) is 0 Å². The van der Waals surface area contributed by atoms with Gasteiger partial charge in [-0.3, -0.25) is 0 Å². The van der Waals surface area contributed by atoms with Crippen LogP contribution in [0.1, 0.15) is 24.8 Å². The van der Waals surface area contributed by atoms with Gasteiger partial charge in [0.25, 0.3) is 0 Å². The van der Waals surface area contributed by atoms with Crippen LogP contribution in [0.15, 0.2) is 18.2 Å². The molecular weight excluding hydrogens is 279 g/mol. The Morgan fingerprint density at radius 2 is 2.11 bits per heavy atom. The third kappa shape index (κ3) is 3.76. The Kier molecular flexibility index (Phi) is 4.58. The second-order valence-corrected chi connectivity index (χ2v) is 4.94. The number of benzene rings is 1. The van der Waals surface area contributed by atoms with Crippen molar-refractivity contribution in [1.82, 2.24) is 0 Å². The summed E-state index contributed by atoms with van der Waals surface area (Å²) in [6.45, 7) is 1.01. The molecule has 1 aromatic rings. The molecule has 0 aromatic heterocycles. The number of hydrogen-bond donors (Lipinski definition) is 1. The normalized spacial score (nSPS) is 20.3. The molecule has 0 radical (unpaired) electrons. The van der Waals surface area contributed by atoms with E-state index in [0.717, 1.165) is 25.3 Å². The average molecular weight is 294 g/mol. The summed E-state index contributed by atoms with van der Waals surface area (Å²) in [5, 5.41) is 2.86. The first-order valence-electron chi connectivity index (χ1n) is 6.19. The van der Waals surface area contributed by atoms with E-state index in [1.165, 1.54) is 12.1 Å². The molecule has 19 heavy (non-hydrogen) atoms. The molecule has 106 valence electrons. The van der Waals surface area contributed by atoms with Gasteiger partial charge in [-0.1, -0.05) is 17.7 Å². The van der Waals surface area contributed by atoms with E-state index < -0.39 is 11.7 Å². The smallest absolute Gasteiger partial charge is 0.381 e. The third-order valence-corrected chi connectivity index (χ3v) is 3.41. The van der Waals surface area contributed by atoms with Gasteiger partial charge >= 0.3 is 6.18 Å². The first-order valence-corrected chi connectivity index (χ1v) is 6.57. The van der Waals surface area contributed by atoms with Gasteiger partial charge in [0.15, 0.2) is 0 Å². The molecule has 2 rings (SSSR count). The quantitative estimate of drug-likeness (QED) is 0.895. The van der Waals surface area contributed by atoms with E-state index in [1.807, 2.05) is 0 Å². The van der Waals surface area contributed by atoms with Gasteiger partial charge in [-0.25, -0.2) is 0 Å². The molecule has 0 spiro atoms. The number of rotatable bonds is 3. The molecule has 0 bridgehead atoms. The first-order chi connectivity index (χ1) is 8.98. The van der Waals surface area contributed by atoms with Crippen molar-refractivity contribution in [3.05, 3.63) is 28.8 Å². The molecule has 1 saturated heterocycles. The molecule has 0 aliphatic carbocycles. The van der Waals surface area contributed by atoms with E-state index in [1.54, 1.807) is 0 Å². The number of alkyl halides is 3. The van der Waals surface area contributed by atoms with Crippen molar-refractivity contribution in [3.8, 4) is 0 Å². The molecule has 1 atom stereocenters. The highest BCUT2D eigenvalue weighted by atomic mass is 35.5. The van der Waals surface area contributed by atoms with Crippen LogP contribution in [-0.4, -0.2) is 19.3 Å². The fraction of sp³-hybridized carbons (Fsp3) is 0.538. The lowest BCUT2D eigenvalue weighted by Crippen LogP contribution is -2.27. The Bertz CT molecular complexity index is 430. The van der Waals surface area contributed by atoms with Crippen LogP contribution in [0.5, 0.6) is 0 Å². The highest BCUT2D eigenvalue weighted by molar-refractivity contribution is 6.33. The number of ether oxygens (including phenoxy) is 1. The van der Waals surface area contributed by atoms with Gasteiger partial charge in [0.2, 0.25) is 0 Å². The van der Waals surface area contributed by atoms with Crippen LogP contribution >= 0.6 is 11.6 Å². The van der Waals surface area contributed by atoms with Gasteiger partial charge in [0.1, 0.15) is 0 Å². The van der Waals surface area contributed by atoms with E-state index in [2.05, 4.69) is 5.32 Å². The maximum Gasteiger partial charge on any atom is 0.418 e. The molecule has 0 amide bonds. The predicted octanol–water partition coefficient (Wildman–Crippen LogP) is 4.34. The topological polar surface area (TPSA) is 21.3 Å². The largest absolute Gasteiger partial charge is 0.418 e. The summed E-state index contributed by atoms with van der Waals surface area (Å²) in [4.78, 5) is 0. The van der Waals surface area contributed by atoms with Gasteiger partial charge < -0.3 is 10.1 Å². The van der Waals surface area contributed by atoms with E-state index in [-0.39, 0.29) is 16.8 Å². The Labute approximate surface area is 114 Å². The number of hydrogen-bond acceptors (Lipinski definition) is 2. The van der Waals surface area contributed by atoms with Crippen molar-refractivity contribution in [2.45, 2.75) is 31.5 Å². The van der Waals surface area contributed by atoms with Crippen molar-refractivity contribution < 1.29 is 17.9 Å². The number of halogens is 4. The predicted molar refractivity (Wildman–Crippen MR) is 68.5 cm³/mol. The summed E-state index contributed by atoms with van der Waals surface area (Å²) in [5.74, 6) is 0. The second kappa shape index (κ2) is 6.01. The Morgan fingerprint density at radius 3 is 2.74 bits per heavy atom. The van der Waals surface area contributed by atoms with Gasteiger partial charge in [-0.2, -0.15) is 13.2 Å². The second-order valence-electron chi connectivity index (χ2n) is 4.53. The zero-order valence-electron chi connectivity index (χ0n) is 10.3. The fourth-order valence-electron chi connectivity index (χ4n) is 2.12. The minimum atomic E-state index is -4.42. The number of anilines is 1. The Balaban J connectivity index is 2.10. The monoisotopic (exact) mass is 293 g/mol. The summed E-state index contributed by atoms with van der Waals surface area (Å²) in [6, 6.07) is 3.77. The maximum atomic E-state index is 12.9. The summed E-state index contributed by atoms with van der Waals surface area (Å²) < 4.78 is 44.1. The highest BCUT2D eigenvalue weighted by Crippen LogP contribution is 2.38. The van der Waals surface area contributed by atoms with Gasteiger partial charge in [0, 0.05) is 13.2 Å². The van der Waals surface area contributed by atoms with E-state index in [4.69, 9.17) is 16.3 Å². The molecule has 1 heterocycles. The molecule has 0 saturated carbocycles. The highest BCUT2D eigenvalue weighted by Gasteiger charge is 2.34. The minimum absolute atomic E-state index is 0.0499. The van der Waals surface area contributed by atoms with Crippen molar-refractivity contribution in [1.29, 1.82) is 0 Å². The minimum Gasteiger partial charge on any atom is -0.381 e. The molecule has 1 aromatic carbocycles. The van der Waals surface area contributed by atoms with Crippen LogP contribution < -0.4 is 5.32 Å². The number of para-hydroxylation sites is 1. The maximum absolute atomic E-state index is 12.9. The zero-order valence-corrected chi connectivity index (χ0v) is 11.0. The van der Waals surface area contributed by atoms with Crippen molar-refractivity contribution in [2.75, 3.05) is 18.5 Å². The Hall–Kier alpha value is -0.940. The third-order valence-electron chi connectivity index (χ3n) is 3.10. The van der Waals surface area contributed by atoms with Gasteiger partial charge in [-0.15, -0.1) is 0 Å². The van der Waals surface area contributed by atoms with Gasteiger partial charge in [-0.05, 0) is 31.4 Å². The average Bonchev–Trinajstić information content (AvgIpc) is 2.37. The van der Waals surface area contributed by atoms with Crippen molar-refractivity contribution in [3.63, 3.8) is 0 Å². The fourth-order valence-corrected chi connectivity index (χ4v) is 2.37. The summed E-state index contributed by atoms with van der Waals surface area (Å²) in [5.41, 5.74) is -0.804. The van der Waals surface area contributed by atoms with E-state index >= 15 is 0 Å². The van der Waals surface area contributed by atoms with E-state index in [9.17, 15) is 13.2 Å². The van der Waals surface area contributed by atoms with Crippen LogP contribution in [0.25, 0.3) is 0 Å². The Morgan fingerprint density at radius 1 is 1.32 bits per heavy atom. The zero-order chi connectivity index (χ0) is 13.9. The number of nitrogens with one attached hydrogen (secondary N) is 1. The van der Waals surface area contributed by atoms with Crippen molar-refractivity contribution in [2.24, 2.45) is 0 Å². The molecule has 2 nitrogen and oxygen atoms in total. The summed E-state index contributed by atoms with van der Waals surface area (Å²) >= 11 is 5.85. The van der Waals surface area contributed by atoms with Gasteiger partial charge in [0.05, 0.1) is 22.4 Å². The lowest BCUT2D eigenvalue weighted by molar-refractivity contribution is -0.137. The molecule has 6 heteroatoms. The first kappa shape index (κ1) is 14.5. The molecule has 1 fully saturated rings. The standard InChI is InChI=1S/C13H15ClF3NO/c14-11-6-3-5-10(13(15,16)17)12(11)18-8-9-4-1-2-7-19-9/h3,5-6,9,18H,1-2,4,7-8H2. The summed E-state index contributed by atoms with van der Waals surface area (Å²) in [6.07, 6.45) is -1.55. The lowest BCUT2D eigenvalue weighted by Gasteiger charge is -2.24. The molecular formula is C13H15ClF3NO. The van der Waals surface area contributed by atoms with E-state index in [0.29, 0.717) is 13.2 Å². The molecule has 1 unspecified atom stereocenters. The summed E-state index contributed by atoms with van der Waals surface area (Å²) in [7, 11) is 0. The van der Waals surface area contributed by atoms with Crippen LogP contribution in [-0.2, 0) is 10.9 Å². The SMILES string of the molecule is FC(F)(F)c1cccc(Cl)c1NCC1CCCCO1.